The van der Waals surface area contributed by atoms with E-state index >= 15 is 0 Å². The molecule has 1 rings (SSSR count). The van der Waals surface area contributed by atoms with Crippen LogP contribution in [0.5, 0.6) is 0 Å². The average Bonchev–Trinajstić information content (AvgIpc) is 2.09. The van der Waals surface area contributed by atoms with E-state index in [1.807, 2.05) is 0 Å². The Morgan fingerprint density at radius 3 is 2.55 bits per heavy atom. The lowest BCUT2D eigenvalue weighted by atomic mass is 10.4. The SMILES string of the molecule is NC(=O)NC1NC(=O)NC1N. The van der Waals surface area contributed by atoms with Gasteiger partial charge in [0.15, 0.2) is 0 Å². The molecule has 7 N–H and O–H groups in total. The van der Waals surface area contributed by atoms with Gasteiger partial charge in [0.05, 0.1) is 0 Å². The van der Waals surface area contributed by atoms with Gasteiger partial charge in [-0.2, -0.15) is 0 Å². The zero-order valence-corrected chi connectivity index (χ0v) is 5.63. The topological polar surface area (TPSA) is 122 Å². The van der Waals surface area contributed by atoms with Crippen molar-refractivity contribution in [3.8, 4) is 0 Å². The Bertz CT molecular complexity index is 193. The quantitative estimate of drug-likeness (QED) is 0.292. The first-order chi connectivity index (χ1) is 5.09. The Balaban J connectivity index is 2.46. The van der Waals surface area contributed by atoms with E-state index < -0.39 is 24.4 Å². The number of urea groups is 2. The maximum Gasteiger partial charge on any atom is 0.317 e. The van der Waals surface area contributed by atoms with E-state index in [0.717, 1.165) is 0 Å². The molecule has 1 aliphatic heterocycles. The molecule has 4 amide bonds. The normalized spacial score (nSPS) is 29.0. The Kier molecular flexibility index (Phi) is 1.81. The molecule has 1 fully saturated rings. The highest BCUT2D eigenvalue weighted by Crippen LogP contribution is 1.90. The van der Waals surface area contributed by atoms with Crippen LogP contribution in [0.1, 0.15) is 0 Å². The molecule has 7 nitrogen and oxygen atoms in total. The molecule has 0 aromatic carbocycles. The van der Waals surface area contributed by atoms with Gasteiger partial charge < -0.3 is 27.4 Å². The van der Waals surface area contributed by atoms with Gasteiger partial charge in [-0.3, -0.25) is 0 Å². The van der Waals surface area contributed by atoms with Crippen molar-refractivity contribution in [2.24, 2.45) is 11.5 Å². The minimum Gasteiger partial charge on any atom is -0.352 e. The third kappa shape index (κ3) is 1.71. The number of hydrogen-bond acceptors (Lipinski definition) is 3. The van der Waals surface area contributed by atoms with Gasteiger partial charge in [-0.15, -0.1) is 0 Å². The van der Waals surface area contributed by atoms with E-state index in [4.69, 9.17) is 11.5 Å². The predicted molar refractivity (Wildman–Crippen MR) is 36.1 cm³/mol. The van der Waals surface area contributed by atoms with E-state index in [2.05, 4.69) is 16.0 Å². The molecule has 2 unspecified atom stereocenters. The molecule has 7 heteroatoms. The number of amides is 4. The first kappa shape index (κ1) is 7.61. The summed E-state index contributed by atoms with van der Waals surface area (Å²) < 4.78 is 0. The van der Waals surface area contributed by atoms with Gasteiger partial charge in [0.25, 0.3) is 0 Å². The summed E-state index contributed by atoms with van der Waals surface area (Å²) in [5.41, 5.74) is 10.1. The van der Waals surface area contributed by atoms with Crippen LogP contribution in [0.4, 0.5) is 9.59 Å². The molecule has 2 atom stereocenters. The summed E-state index contributed by atoms with van der Waals surface area (Å²) >= 11 is 0. The van der Waals surface area contributed by atoms with Crippen LogP contribution >= 0.6 is 0 Å². The van der Waals surface area contributed by atoms with Crippen LogP contribution in [0, 0.1) is 0 Å². The van der Waals surface area contributed by atoms with Crippen LogP contribution < -0.4 is 27.4 Å². The Hall–Kier alpha value is -1.50. The number of primary amides is 1. The number of nitrogens with two attached hydrogens (primary N) is 2. The summed E-state index contributed by atoms with van der Waals surface area (Å²) in [7, 11) is 0. The van der Waals surface area contributed by atoms with Crippen molar-refractivity contribution in [1.29, 1.82) is 0 Å². The van der Waals surface area contributed by atoms with Gasteiger partial charge in [-0.1, -0.05) is 0 Å². The van der Waals surface area contributed by atoms with E-state index in [1.165, 1.54) is 0 Å². The molecule has 0 radical (unpaired) electrons. The lowest BCUT2D eigenvalue weighted by Crippen LogP contribution is -2.53. The van der Waals surface area contributed by atoms with Gasteiger partial charge in [0, 0.05) is 0 Å². The molecule has 0 aliphatic carbocycles. The summed E-state index contributed by atoms with van der Waals surface area (Å²) in [6.07, 6.45) is -1.25. The molecule has 0 saturated carbocycles. The van der Waals surface area contributed by atoms with Crippen LogP contribution in [0.25, 0.3) is 0 Å². The summed E-state index contributed by atoms with van der Waals surface area (Å²) in [5, 5.41) is 6.92. The van der Waals surface area contributed by atoms with E-state index in [-0.39, 0.29) is 0 Å². The van der Waals surface area contributed by atoms with Gasteiger partial charge in [-0.05, 0) is 0 Å². The maximum atomic E-state index is 10.6. The number of carbonyl (C=O) groups is 2. The number of nitrogens with one attached hydrogen (secondary N) is 3. The molecular weight excluding hydrogens is 150 g/mol. The van der Waals surface area contributed by atoms with Crippen molar-refractivity contribution in [2.45, 2.75) is 12.3 Å². The summed E-state index contributed by atoms with van der Waals surface area (Å²) in [6.45, 7) is 0. The van der Waals surface area contributed by atoms with Gasteiger partial charge in [0.1, 0.15) is 12.3 Å². The predicted octanol–water partition coefficient (Wildman–Crippen LogP) is -2.42. The zero-order chi connectivity index (χ0) is 8.43. The highest BCUT2D eigenvalue weighted by atomic mass is 16.2. The molecular formula is C4H9N5O2. The second kappa shape index (κ2) is 2.62. The molecule has 0 aromatic heterocycles. The van der Waals surface area contributed by atoms with Crippen molar-refractivity contribution in [3.05, 3.63) is 0 Å². The monoisotopic (exact) mass is 159 g/mol. The van der Waals surface area contributed by atoms with Crippen LogP contribution in [0.2, 0.25) is 0 Å². The van der Waals surface area contributed by atoms with E-state index in [9.17, 15) is 9.59 Å². The number of rotatable bonds is 1. The van der Waals surface area contributed by atoms with E-state index in [0.29, 0.717) is 0 Å². The molecule has 11 heavy (non-hydrogen) atoms. The van der Waals surface area contributed by atoms with Crippen molar-refractivity contribution in [3.63, 3.8) is 0 Å². The lowest BCUT2D eigenvalue weighted by Gasteiger charge is -2.13. The van der Waals surface area contributed by atoms with Gasteiger partial charge in [-0.25, -0.2) is 9.59 Å². The first-order valence-corrected chi connectivity index (χ1v) is 2.98. The minimum absolute atomic E-state index is 0.420. The fourth-order valence-electron chi connectivity index (χ4n) is 0.787. The molecule has 1 saturated heterocycles. The van der Waals surface area contributed by atoms with Crippen LogP contribution in [0.3, 0.4) is 0 Å². The van der Waals surface area contributed by atoms with Crippen LogP contribution in [-0.2, 0) is 0 Å². The molecule has 0 spiro atoms. The van der Waals surface area contributed by atoms with Crippen molar-refractivity contribution >= 4 is 12.1 Å². The second-order valence-corrected chi connectivity index (χ2v) is 2.13. The van der Waals surface area contributed by atoms with E-state index in [1.54, 1.807) is 0 Å². The van der Waals surface area contributed by atoms with Crippen LogP contribution in [0.15, 0.2) is 0 Å². The van der Waals surface area contributed by atoms with Crippen LogP contribution in [-0.4, -0.2) is 24.4 Å². The Morgan fingerprint density at radius 1 is 1.55 bits per heavy atom. The van der Waals surface area contributed by atoms with Gasteiger partial charge in [0.2, 0.25) is 0 Å². The molecule has 62 valence electrons. The first-order valence-electron chi connectivity index (χ1n) is 2.98. The summed E-state index contributed by atoms with van der Waals surface area (Å²) in [6, 6.07) is -1.15. The number of hydrogen-bond donors (Lipinski definition) is 5. The number of carbonyl (C=O) groups excluding carboxylic acids is 2. The standard InChI is InChI=1S/C4H9N5O2/c5-1-2(8-3(6)10)9-4(11)7-1/h1-2H,5H2,(H3,6,8,10)(H2,7,9,11). The fraction of sp³-hybridized carbons (Fsp3) is 0.500. The highest BCUT2D eigenvalue weighted by molar-refractivity contribution is 5.79. The summed E-state index contributed by atoms with van der Waals surface area (Å²) in [5.74, 6) is 0. The molecule has 0 aromatic rings. The van der Waals surface area contributed by atoms with Gasteiger partial charge >= 0.3 is 12.1 Å². The molecule has 1 aliphatic rings. The highest BCUT2D eigenvalue weighted by Gasteiger charge is 2.28. The molecule has 0 bridgehead atoms. The second-order valence-electron chi connectivity index (χ2n) is 2.13. The smallest absolute Gasteiger partial charge is 0.317 e. The average molecular weight is 159 g/mol. The third-order valence-corrected chi connectivity index (χ3v) is 1.24. The summed E-state index contributed by atoms with van der Waals surface area (Å²) in [4.78, 5) is 20.8. The Labute approximate surface area is 62.5 Å². The van der Waals surface area contributed by atoms with Crippen molar-refractivity contribution < 1.29 is 9.59 Å². The van der Waals surface area contributed by atoms with Crippen molar-refractivity contribution in [2.75, 3.05) is 0 Å². The Morgan fingerprint density at radius 2 is 2.18 bits per heavy atom. The molecule has 1 heterocycles. The fourth-order valence-corrected chi connectivity index (χ4v) is 0.787. The maximum absolute atomic E-state index is 10.6. The lowest BCUT2D eigenvalue weighted by molar-refractivity contribution is 0.241. The third-order valence-electron chi connectivity index (χ3n) is 1.24. The largest absolute Gasteiger partial charge is 0.352 e. The van der Waals surface area contributed by atoms with Crippen molar-refractivity contribution in [1.82, 2.24) is 16.0 Å². The zero-order valence-electron chi connectivity index (χ0n) is 5.63. The minimum atomic E-state index is -0.727.